The molecule has 6 heteroatoms. The fourth-order valence-electron chi connectivity index (χ4n) is 3.61. The van der Waals surface area contributed by atoms with Crippen LogP contribution in [0, 0.1) is 0 Å². The van der Waals surface area contributed by atoms with E-state index in [4.69, 9.17) is 4.74 Å². The van der Waals surface area contributed by atoms with Crippen molar-refractivity contribution in [2.45, 2.75) is 11.8 Å². The van der Waals surface area contributed by atoms with Gasteiger partial charge in [0, 0.05) is 12.1 Å². The third-order valence-electron chi connectivity index (χ3n) is 5.27. The summed E-state index contributed by atoms with van der Waals surface area (Å²) < 4.78 is 5.29. The van der Waals surface area contributed by atoms with E-state index in [9.17, 15) is 9.59 Å². The first-order chi connectivity index (χ1) is 15.2. The van der Waals surface area contributed by atoms with Crippen molar-refractivity contribution in [2.24, 2.45) is 0 Å². The van der Waals surface area contributed by atoms with E-state index in [0.717, 1.165) is 12.0 Å². The van der Waals surface area contributed by atoms with Crippen molar-refractivity contribution < 1.29 is 14.3 Å². The summed E-state index contributed by atoms with van der Waals surface area (Å²) in [5, 5.41) is 2.86. The molecule has 0 aromatic heterocycles. The summed E-state index contributed by atoms with van der Waals surface area (Å²) in [4.78, 5) is 27.0. The molecule has 1 aliphatic rings. The normalized spacial score (nSPS) is 15.7. The Hall–Kier alpha value is -3.25. The van der Waals surface area contributed by atoms with Gasteiger partial charge in [-0.25, -0.2) is 0 Å². The summed E-state index contributed by atoms with van der Waals surface area (Å²) in [5.41, 5.74) is 3.43. The number of carbonyl (C=O) groups excluding carboxylic acids is 2. The molecule has 31 heavy (non-hydrogen) atoms. The lowest BCUT2D eigenvalue weighted by Crippen LogP contribution is -2.30. The number of para-hydroxylation sites is 2. The Balaban J connectivity index is 1.44. The average Bonchev–Trinajstić information content (AvgIpc) is 3.19. The maximum Gasteiger partial charge on any atom is 0.255 e. The molecule has 2 amide bonds. The number of amides is 2. The lowest BCUT2D eigenvalue weighted by Gasteiger charge is -2.24. The number of nitrogens with zero attached hydrogens (tertiary/aromatic N) is 1. The van der Waals surface area contributed by atoms with E-state index in [1.807, 2.05) is 47.4 Å². The van der Waals surface area contributed by atoms with Crippen molar-refractivity contribution in [3.8, 4) is 5.75 Å². The third kappa shape index (κ3) is 4.91. The number of methoxy groups -OCH3 is 1. The van der Waals surface area contributed by atoms with Gasteiger partial charge in [0.25, 0.3) is 5.91 Å². The molecule has 0 saturated carbocycles. The van der Waals surface area contributed by atoms with Gasteiger partial charge in [-0.15, -0.1) is 11.8 Å². The molecular formula is C25H24N2O3S. The Morgan fingerprint density at radius 3 is 2.48 bits per heavy atom. The van der Waals surface area contributed by atoms with E-state index in [0.29, 0.717) is 29.3 Å². The van der Waals surface area contributed by atoms with E-state index in [1.54, 1.807) is 43.1 Å². The minimum absolute atomic E-state index is 0.0254. The molecule has 1 N–H and O–H groups in total. The molecule has 1 atom stereocenters. The molecule has 1 saturated heterocycles. The standard InChI is InChI=1S/C25H24N2O3S/c1-30-22-10-6-5-9-21(22)26-24(29)19-11-13-20(14-12-19)25-27(23(28)17-31-25)16-15-18-7-3-2-4-8-18/h2-14,25H,15-17H2,1H3,(H,26,29). The second-order valence-electron chi connectivity index (χ2n) is 7.26. The highest BCUT2D eigenvalue weighted by molar-refractivity contribution is 8.00. The first-order valence-electron chi connectivity index (χ1n) is 10.1. The quantitative estimate of drug-likeness (QED) is 0.585. The summed E-state index contributed by atoms with van der Waals surface area (Å²) in [7, 11) is 1.57. The van der Waals surface area contributed by atoms with Crippen LogP contribution in [0.2, 0.25) is 0 Å². The van der Waals surface area contributed by atoms with Crippen molar-refractivity contribution in [2.75, 3.05) is 24.7 Å². The highest BCUT2D eigenvalue weighted by atomic mass is 32.2. The number of thioether (sulfide) groups is 1. The molecule has 5 nitrogen and oxygen atoms in total. The van der Waals surface area contributed by atoms with Gasteiger partial charge in [0.1, 0.15) is 11.1 Å². The van der Waals surface area contributed by atoms with Crippen molar-refractivity contribution >= 4 is 29.3 Å². The minimum atomic E-state index is -0.202. The van der Waals surface area contributed by atoms with Gasteiger partial charge in [-0.2, -0.15) is 0 Å². The van der Waals surface area contributed by atoms with Gasteiger partial charge in [-0.1, -0.05) is 54.6 Å². The van der Waals surface area contributed by atoms with Crippen LogP contribution in [-0.2, 0) is 11.2 Å². The molecule has 0 bridgehead atoms. The minimum Gasteiger partial charge on any atom is -0.495 e. The van der Waals surface area contributed by atoms with Crippen LogP contribution < -0.4 is 10.1 Å². The molecule has 0 aliphatic carbocycles. The van der Waals surface area contributed by atoms with Crippen LogP contribution in [0.4, 0.5) is 5.69 Å². The Bertz CT molecular complexity index is 1050. The van der Waals surface area contributed by atoms with E-state index < -0.39 is 0 Å². The Kier molecular flexibility index (Phi) is 6.57. The topological polar surface area (TPSA) is 58.6 Å². The van der Waals surface area contributed by atoms with E-state index >= 15 is 0 Å². The highest BCUT2D eigenvalue weighted by Crippen LogP contribution is 2.38. The second-order valence-corrected chi connectivity index (χ2v) is 8.33. The molecule has 1 heterocycles. The number of hydrogen-bond acceptors (Lipinski definition) is 4. The van der Waals surface area contributed by atoms with Crippen LogP contribution in [-0.4, -0.2) is 36.1 Å². The predicted octanol–water partition coefficient (Wildman–Crippen LogP) is 4.76. The first-order valence-corrected chi connectivity index (χ1v) is 11.2. The summed E-state index contributed by atoms with van der Waals surface area (Å²) in [6, 6.07) is 25.0. The van der Waals surface area contributed by atoms with Gasteiger partial charge in [-0.05, 0) is 41.8 Å². The number of ether oxygens (including phenoxy) is 1. The van der Waals surface area contributed by atoms with Crippen LogP contribution in [0.1, 0.15) is 26.9 Å². The number of rotatable bonds is 7. The number of hydrogen-bond donors (Lipinski definition) is 1. The fourth-order valence-corrected chi connectivity index (χ4v) is 4.83. The lowest BCUT2D eigenvalue weighted by atomic mass is 10.1. The molecule has 3 aromatic rings. The summed E-state index contributed by atoms with van der Waals surface area (Å²) in [5.74, 6) is 1.05. The zero-order valence-electron chi connectivity index (χ0n) is 17.3. The van der Waals surface area contributed by atoms with Gasteiger partial charge in [0.05, 0.1) is 18.6 Å². The smallest absolute Gasteiger partial charge is 0.255 e. The number of benzene rings is 3. The van der Waals surface area contributed by atoms with E-state index in [2.05, 4.69) is 17.4 Å². The molecule has 3 aromatic carbocycles. The largest absolute Gasteiger partial charge is 0.495 e. The Morgan fingerprint density at radius 1 is 1.03 bits per heavy atom. The van der Waals surface area contributed by atoms with Crippen LogP contribution >= 0.6 is 11.8 Å². The SMILES string of the molecule is COc1ccccc1NC(=O)c1ccc(C2SCC(=O)N2CCc2ccccc2)cc1. The monoisotopic (exact) mass is 432 g/mol. The van der Waals surface area contributed by atoms with Gasteiger partial charge in [0.2, 0.25) is 5.91 Å². The number of nitrogens with one attached hydrogen (secondary N) is 1. The molecule has 4 rings (SSSR count). The Labute approximate surface area is 186 Å². The molecule has 1 aliphatic heterocycles. The lowest BCUT2D eigenvalue weighted by molar-refractivity contribution is -0.128. The molecule has 1 fully saturated rings. The Morgan fingerprint density at radius 2 is 1.74 bits per heavy atom. The van der Waals surface area contributed by atoms with E-state index in [1.165, 1.54) is 5.56 Å². The second kappa shape index (κ2) is 9.71. The van der Waals surface area contributed by atoms with Crippen LogP contribution in [0.25, 0.3) is 0 Å². The molecule has 0 spiro atoms. The van der Waals surface area contributed by atoms with Crippen molar-refractivity contribution in [3.05, 3.63) is 95.6 Å². The number of carbonyl (C=O) groups is 2. The van der Waals surface area contributed by atoms with E-state index in [-0.39, 0.29) is 17.2 Å². The zero-order valence-corrected chi connectivity index (χ0v) is 18.1. The maximum atomic E-state index is 12.7. The first kappa shape index (κ1) is 21.0. The van der Waals surface area contributed by atoms with Crippen molar-refractivity contribution in [3.63, 3.8) is 0 Å². The zero-order chi connectivity index (χ0) is 21.6. The van der Waals surface area contributed by atoms with Gasteiger partial charge < -0.3 is 15.0 Å². The number of anilines is 1. The molecule has 0 radical (unpaired) electrons. The van der Waals surface area contributed by atoms with Gasteiger partial charge >= 0.3 is 0 Å². The summed E-state index contributed by atoms with van der Waals surface area (Å²) >= 11 is 1.63. The predicted molar refractivity (Wildman–Crippen MR) is 124 cm³/mol. The molecule has 1 unspecified atom stereocenters. The highest BCUT2D eigenvalue weighted by Gasteiger charge is 2.32. The van der Waals surface area contributed by atoms with Crippen molar-refractivity contribution in [1.82, 2.24) is 4.90 Å². The van der Waals surface area contributed by atoms with Crippen molar-refractivity contribution in [1.29, 1.82) is 0 Å². The average molecular weight is 433 g/mol. The van der Waals surface area contributed by atoms with Gasteiger partial charge in [0.15, 0.2) is 0 Å². The summed E-state index contributed by atoms with van der Waals surface area (Å²) in [6.45, 7) is 0.677. The third-order valence-corrected chi connectivity index (χ3v) is 6.52. The van der Waals surface area contributed by atoms with Crippen LogP contribution in [0.5, 0.6) is 5.75 Å². The van der Waals surface area contributed by atoms with Gasteiger partial charge in [-0.3, -0.25) is 9.59 Å². The fraction of sp³-hybridized carbons (Fsp3) is 0.200. The molecule has 158 valence electrons. The van der Waals surface area contributed by atoms with Crippen LogP contribution in [0.3, 0.4) is 0 Å². The van der Waals surface area contributed by atoms with Crippen LogP contribution in [0.15, 0.2) is 78.9 Å². The molecular weight excluding hydrogens is 408 g/mol. The maximum absolute atomic E-state index is 12.7. The summed E-state index contributed by atoms with van der Waals surface area (Å²) in [6.07, 6.45) is 0.822.